The van der Waals surface area contributed by atoms with Crippen LogP contribution in [0.5, 0.6) is 0 Å². The molecule has 1 aromatic rings. The molecule has 0 saturated heterocycles. The lowest BCUT2D eigenvalue weighted by Gasteiger charge is -2.09. The fraction of sp³-hybridized carbons (Fsp3) is 0.893. The van der Waals surface area contributed by atoms with Crippen LogP contribution in [0.4, 0.5) is 0 Å². The molecule has 26 nitrogen and oxygen atoms in total. The van der Waals surface area contributed by atoms with E-state index in [1.54, 1.807) is 0 Å². The van der Waals surface area contributed by atoms with Crippen molar-refractivity contribution >= 4 is 0 Å². The van der Waals surface area contributed by atoms with E-state index in [1.165, 1.54) is 0 Å². The molecule has 0 aliphatic rings. The molecule has 0 fully saturated rings. The van der Waals surface area contributed by atoms with Crippen LogP contribution in [0, 0.1) is 0 Å². The number of azide groups is 1. The predicted molar refractivity (Wildman–Crippen MR) is 302 cm³/mol. The van der Waals surface area contributed by atoms with Gasteiger partial charge in [0.15, 0.2) is 0 Å². The lowest BCUT2D eigenvalue weighted by Crippen LogP contribution is -2.16. The summed E-state index contributed by atoms with van der Waals surface area (Å²) in [7, 11) is 0. The Hall–Kier alpha value is -2.39. The van der Waals surface area contributed by atoms with Gasteiger partial charge in [-0.3, -0.25) is 0 Å². The molecular weight excluding hydrogens is 1080 g/mol. The zero-order chi connectivity index (χ0) is 58.1. The van der Waals surface area contributed by atoms with Crippen molar-refractivity contribution in [3.63, 3.8) is 0 Å². The van der Waals surface area contributed by atoms with E-state index in [0.29, 0.717) is 310 Å². The minimum absolute atomic E-state index is 0.325. The van der Waals surface area contributed by atoms with Gasteiger partial charge in [-0.25, -0.2) is 0 Å². The Morgan fingerprint density at radius 3 is 0.610 bits per heavy atom. The SMILES string of the molecule is [N-]=[N+]=NCCOCCOCCOCCOCCOCCOCCCCCOCCOCCOCCOCCOCCOCCOCCOCCOCCOCCOCCOCCOCCOCCOCCOCCOCc1ccccc1. The Labute approximate surface area is 488 Å². The van der Waals surface area contributed by atoms with Crippen molar-refractivity contribution in [3.8, 4) is 0 Å². The number of hydrogen-bond donors (Lipinski definition) is 0. The van der Waals surface area contributed by atoms with Crippen LogP contribution < -0.4 is 0 Å². The summed E-state index contributed by atoms with van der Waals surface area (Å²) in [6.07, 6.45) is 3.01. The molecule has 0 amide bonds. The van der Waals surface area contributed by atoms with Crippen LogP contribution in [0.15, 0.2) is 35.4 Å². The number of ether oxygens (including phenoxy) is 23. The second-order valence-electron chi connectivity index (χ2n) is 17.0. The Morgan fingerprint density at radius 2 is 0.402 bits per heavy atom. The highest BCUT2D eigenvalue weighted by molar-refractivity contribution is 5.13. The summed E-state index contributed by atoms with van der Waals surface area (Å²) in [5.41, 5.74) is 9.33. The molecule has 26 heteroatoms. The summed E-state index contributed by atoms with van der Waals surface area (Å²) in [4.78, 5) is 2.66. The molecule has 0 heterocycles. The van der Waals surface area contributed by atoms with E-state index in [4.69, 9.17) is 114 Å². The van der Waals surface area contributed by atoms with Crippen LogP contribution in [-0.4, -0.2) is 304 Å². The first-order chi connectivity index (χ1) is 40.9. The second kappa shape index (κ2) is 72.9. The van der Waals surface area contributed by atoms with Crippen LogP contribution in [-0.2, 0) is 116 Å². The van der Waals surface area contributed by atoms with E-state index in [-0.39, 0.29) is 0 Å². The molecule has 0 saturated carbocycles. The quantitative estimate of drug-likeness (QED) is 0.0386. The number of rotatable bonds is 74. The van der Waals surface area contributed by atoms with Crippen LogP contribution in [0.25, 0.3) is 10.4 Å². The number of nitrogens with zero attached hydrogens (tertiary/aromatic N) is 3. The van der Waals surface area contributed by atoms with E-state index in [0.717, 1.165) is 24.8 Å². The Balaban J connectivity index is 1.58. The van der Waals surface area contributed by atoms with Gasteiger partial charge < -0.3 is 109 Å². The maximum absolute atomic E-state index is 8.17. The molecule has 0 spiro atoms. The molecule has 0 radical (unpaired) electrons. The normalized spacial score (nSPS) is 11.6. The van der Waals surface area contributed by atoms with Crippen LogP contribution in [0.3, 0.4) is 0 Å². The number of hydrogen-bond acceptors (Lipinski definition) is 24. The van der Waals surface area contributed by atoms with E-state index < -0.39 is 0 Å². The van der Waals surface area contributed by atoms with Gasteiger partial charge in [0, 0.05) is 24.7 Å². The van der Waals surface area contributed by atoms with Gasteiger partial charge in [-0.05, 0) is 30.4 Å². The highest BCUT2D eigenvalue weighted by Crippen LogP contribution is 2.01. The van der Waals surface area contributed by atoms with Gasteiger partial charge in [-0.2, -0.15) is 0 Å². The fourth-order valence-corrected chi connectivity index (χ4v) is 6.22. The van der Waals surface area contributed by atoms with Crippen molar-refractivity contribution in [1.82, 2.24) is 0 Å². The molecule has 0 atom stereocenters. The topological polar surface area (TPSA) is 261 Å². The molecule has 0 unspecified atom stereocenters. The smallest absolute Gasteiger partial charge is 0.0718 e. The van der Waals surface area contributed by atoms with Gasteiger partial charge in [0.25, 0.3) is 0 Å². The van der Waals surface area contributed by atoms with Gasteiger partial charge >= 0.3 is 0 Å². The Morgan fingerprint density at radius 1 is 0.220 bits per heavy atom. The van der Waals surface area contributed by atoms with Crippen molar-refractivity contribution in [2.24, 2.45) is 5.11 Å². The molecule has 0 bridgehead atoms. The zero-order valence-electron chi connectivity index (χ0n) is 49.5. The molecular formula is C56H105N3O23. The molecule has 1 aromatic carbocycles. The summed E-state index contributed by atoms with van der Waals surface area (Å²) in [5.74, 6) is 0. The van der Waals surface area contributed by atoms with Crippen molar-refractivity contribution in [2.75, 3.05) is 304 Å². The van der Waals surface area contributed by atoms with Crippen molar-refractivity contribution in [1.29, 1.82) is 0 Å². The first kappa shape index (κ1) is 77.6. The third kappa shape index (κ3) is 68.4. The van der Waals surface area contributed by atoms with E-state index >= 15 is 0 Å². The zero-order valence-corrected chi connectivity index (χ0v) is 49.5. The summed E-state index contributed by atoms with van der Waals surface area (Å²) >= 11 is 0. The maximum Gasteiger partial charge on any atom is 0.0718 e. The monoisotopic (exact) mass is 1190 g/mol. The fourth-order valence-electron chi connectivity index (χ4n) is 6.22. The lowest BCUT2D eigenvalue weighted by molar-refractivity contribution is -0.0308. The van der Waals surface area contributed by atoms with Crippen LogP contribution in [0.1, 0.15) is 24.8 Å². The van der Waals surface area contributed by atoms with E-state index in [1.807, 2.05) is 30.3 Å². The number of benzene rings is 1. The van der Waals surface area contributed by atoms with Gasteiger partial charge in [0.1, 0.15) is 0 Å². The van der Waals surface area contributed by atoms with Crippen molar-refractivity contribution in [2.45, 2.75) is 25.9 Å². The first-order valence-electron chi connectivity index (χ1n) is 29.3. The molecule has 1 rings (SSSR count). The second-order valence-corrected chi connectivity index (χ2v) is 17.0. The Bertz CT molecular complexity index is 1370. The first-order valence-corrected chi connectivity index (χ1v) is 29.3. The molecule has 0 aliphatic heterocycles. The van der Waals surface area contributed by atoms with Crippen LogP contribution >= 0.6 is 0 Å². The summed E-state index contributed by atoms with van der Waals surface area (Å²) in [5, 5.41) is 3.38. The van der Waals surface area contributed by atoms with Gasteiger partial charge in [0.05, 0.1) is 291 Å². The molecule has 0 aromatic heterocycles. The average Bonchev–Trinajstić information content (AvgIpc) is 3.49. The molecule has 482 valence electrons. The van der Waals surface area contributed by atoms with E-state index in [9.17, 15) is 0 Å². The van der Waals surface area contributed by atoms with Crippen LogP contribution in [0.2, 0.25) is 0 Å². The Kier molecular flexibility index (Phi) is 69.0. The van der Waals surface area contributed by atoms with Gasteiger partial charge in [0.2, 0.25) is 0 Å². The molecule has 82 heavy (non-hydrogen) atoms. The number of unbranched alkanes of at least 4 members (excludes halogenated alkanes) is 2. The minimum atomic E-state index is 0.325. The highest BCUT2D eigenvalue weighted by atomic mass is 16.6. The van der Waals surface area contributed by atoms with Crippen molar-refractivity contribution < 1.29 is 109 Å². The van der Waals surface area contributed by atoms with Gasteiger partial charge in [-0.1, -0.05) is 35.4 Å². The third-order valence-electron chi connectivity index (χ3n) is 10.4. The standard InChI is InChI=1S/C56H105N3O23/c57-59-58-9-12-62-15-18-65-21-24-68-27-25-66-22-19-63-16-13-60-10-5-2-6-11-61-14-17-64-20-23-67-26-28-69-29-30-70-31-32-71-33-34-72-35-36-73-37-38-74-39-40-75-41-42-76-43-44-77-45-46-78-47-48-79-49-50-80-51-52-81-53-54-82-55-56-7-3-1-4-8-56/h1,3-4,7-8H,2,5-6,9-55H2. The van der Waals surface area contributed by atoms with Crippen molar-refractivity contribution in [3.05, 3.63) is 46.3 Å². The highest BCUT2D eigenvalue weighted by Gasteiger charge is 2.01. The maximum atomic E-state index is 8.17. The summed E-state index contributed by atoms with van der Waals surface area (Å²) in [6.45, 7) is 23.9. The third-order valence-corrected chi connectivity index (χ3v) is 10.4. The summed E-state index contributed by atoms with van der Waals surface area (Å²) in [6, 6.07) is 10.1. The lowest BCUT2D eigenvalue weighted by atomic mass is 10.2. The molecule has 0 aliphatic carbocycles. The van der Waals surface area contributed by atoms with E-state index in [2.05, 4.69) is 10.0 Å². The summed E-state index contributed by atoms with van der Waals surface area (Å²) < 4.78 is 127. The largest absolute Gasteiger partial charge is 0.379 e. The average molecular weight is 1190 g/mol. The minimum Gasteiger partial charge on any atom is -0.379 e. The van der Waals surface area contributed by atoms with Gasteiger partial charge in [-0.15, -0.1) is 0 Å². The predicted octanol–water partition coefficient (Wildman–Crippen LogP) is 4.05. The molecule has 0 N–H and O–H groups in total.